The predicted molar refractivity (Wildman–Crippen MR) is 86.3 cm³/mol. The first kappa shape index (κ1) is 15.1. The summed E-state index contributed by atoms with van der Waals surface area (Å²) in [4.78, 5) is 14.0. The van der Waals surface area contributed by atoms with E-state index < -0.39 is 0 Å². The molecule has 1 aromatic rings. The maximum atomic E-state index is 12.2. The van der Waals surface area contributed by atoms with E-state index in [9.17, 15) is 4.79 Å². The molecule has 0 aromatic heterocycles. The number of nitrogens with zero attached hydrogens (tertiary/aromatic N) is 1. The molecule has 2 aliphatic rings. The van der Waals surface area contributed by atoms with Crippen molar-refractivity contribution in [2.75, 3.05) is 13.1 Å². The lowest BCUT2D eigenvalue weighted by Gasteiger charge is -2.31. The molecule has 1 unspecified atom stereocenters. The Labute approximate surface area is 132 Å². The molecule has 0 saturated carbocycles. The van der Waals surface area contributed by atoms with Crippen LogP contribution in [0.2, 0.25) is 0 Å². The zero-order valence-corrected chi connectivity index (χ0v) is 13.0. The minimum absolute atomic E-state index is 0.239. The summed E-state index contributed by atoms with van der Waals surface area (Å²) in [7, 11) is 0. The summed E-state index contributed by atoms with van der Waals surface area (Å²) in [6.07, 6.45) is 7.58. The molecule has 3 rings (SSSR count). The first-order valence-corrected chi connectivity index (χ1v) is 8.24. The summed E-state index contributed by atoms with van der Waals surface area (Å²) in [6, 6.07) is 10.3. The maximum absolute atomic E-state index is 12.2. The molecular weight excluding hydrogens is 276 g/mol. The van der Waals surface area contributed by atoms with Gasteiger partial charge in [-0.25, -0.2) is 4.79 Å². The van der Waals surface area contributed by atoms with E-state index >= 15 is 0 Å². The summed E-state index contributed by atoms with van der Waals surface area (Å²) < 4.78 is 5.43. The Morgan fingerprint density at radius 2 is 2.09 bits per heavy atom. The van der Waals surface area contributed by atoms with Gasteiger partial charge in [0, 0.05) is 18.8 Å². The number of carbonyl (C=O) groups excluding carboxylic acids is 1. The number of hydrogen-bond acceptors (Lipinski definition) is 3. The highest BCUT2D eigenvalue weighted by molar-refractivity contribution is 5.69. The van der Waals surface area contributed by atoms with E-state index in [1.165, 1.54) is 24.8 Å². The van der Waals surface area contributed by atoms with Crippen LogP contribution < -0.4 is 5.32 Å². The fourth-order valence-corrected chi connectivity index (χ4v) is 3.16. The van der Waals surface area contributed by atoms with Gasteiger partial charge in [-0.15, -0.1) is 0 Å². The van der Waals surface area contributed by atoms with Crippen molar-refractivity contribution in [2.45, 2.75) is 44.8 Å². The molecule has 0 aliphatic carbocycles. The van der Waals surface area contributed by atoms with Crippen LogP contribution in [0.15, 0.2) is 42.1 Å². The van der Waals surface area contributed by atoms with E-state index in [4.69, 9.17) is 4.74 Å². The van der Waals surface area contributed by atoms with Gasteiger partial charge in [0.05, 0.1) is 0 Å². The molecule has 4 heteroatoms. The Hall–Kier alpha value is -1.81. The lowest BCUT2D eigenvalue weighted by atomic mass is 9.93. The Balaban J connectivity index is 1.57. The van der Waals surface area contributed by atoms with Gasteiger partial charge in [0.2, 0.25) is 0 Å². The molecular formula is C18H24N2O2. The number of nitrogens with one attached hydrogen (secondary N) is 1. The number of piperidine rings is 1. The molecule has 2 heterocycles. The second-order valence-electron chi connectivity index (χ2n) is 6.04. The van der Waals surface area contributed by atoms with E-state index in [0.29, 0.717) is 12.6 Å². The van der Waals surface area contributed by atoms with E-state index in [-0.39, 0.29) is 6.09 Å². The van der Waals surface area contributed by atoms with Gasteiger partial charge in [-0.2, -0.15) is 0 Å². The first-order valence-electron chi connectivity index (χ1n) is 8.24. The Morgan fingerprint density at radius 1 is 1.23 bits per heavy atom. The molecule has 1 aromatic carbocycles. The number of rotatable bonds is 3. The van der Waals surface area contributed by atoms with Crippen LogP contribution in [0.1, 0.15) is 37.7 Å². The van der Waals surface area contributed by atoms with Crippen molar-refractivity contribution < 1.29 is 9.53 Å². The van der Waals surface area contributed by atoms with Gasteiger partial charge in [-0.3, -0.25) is 4.90 Å². The van der Waals surface area contributed by atoms with Crippen LogP contribution in [-0.4, -0.2) is 30.1 Å². The van der Waals surface area contributed by atoms with E-state index in [1.807, 2.05) is 36.5 Å². The van der Waals surface area contributed by atoms with Crippen LogP contribution in [0, 0.1) is 0 Å². The standard InChI is InChI=1S/C18H24N2O2/c21-18(22-14-15-7-2-1-3-8-15)20-12-6-9-16(13-20)17-10-4-5-11-19-17/h1-3,7-8,13,17,19H,4-6,9-12,14H2. The number of ether oxygens (including phenoxy) is 1. The minimum atomic E-state index is -0.239. The molecule has 118 valence electrons. The quantitative estimate of drug-likeness (QED) is 0.929. The summed E-state index contributed by atoms with van der Waals surface area (Å²) >= 11 is 0. The number of amides is 1. The average molecular weight is 300 g/mol. The molecule has 1 fully saturated rings. The third-order valence-corrected chi connectivity index (χ3v) is 4.38. The van der Waals surface area contributed by atoms with Crippen molar-refractivity contribution in [3.63, 3.8) is 0 Å². The zero-order valence-electron chi connectivity index (χ0n) is 13.0. The van der Waals surface area contributed by atoms with Crippen molar-refractivity contribution in [3.05, 3.63) is 47.7 Å². The van der Waals surface area contributed by atoms with Crippen LogP contribution in [0.3, 0.4) is 0 Å². The van der Waals surface area contributed by atoms with E-state index in [0.717, 1.165) is 31.5 Å². The zero-order chi connectivity index (χ0) is 15.2. The normalized spacial score (nSPS) is 22.1. The van der Waals surface area contributed by atoms with Crippen molar-refractivity contribution >= 4 is 6.09 Å². The van der Waals surface area contributed by atoms with Gasteiger partial charge in [-0.1, -0.05) is 36.8 Å². The second-order valence-corrected chi connectivity index (χ2v) is 6.04. The summed E-state index contributed by atoms with van der Waals surface area (Å²) in [5.41, 5.74) is 2.37. The minimum Gasteiger partial charge on any atom is -0.444 e. The monoisotopic (exact) mass is 300 g/mol. The van der Waals surface area contributed by atoms with Crippen LogP contribution in [0.5, 0.6) is 0 Å². The molecule has 0 spiro atoms. The molecule has 22 heavy (non-hydrogen) atoms. The van der Waals surface area contributed by atoms with Crippen molar-refractivity contribution in [1.29, 1.82) is 0 Å². The topological polar surface area (TPSA) is 41.6 Å². The lowest BCUT2D eigenvalue weighted by Crippen LogP contribution is -2.39. The van der Waals surface area contributed by atoms with Crippen molar-refractivity contribution in [2.24, 2.45) is 0 Å². The number of carbonyl (C=O) groups is 1. The van der Waals surface area contributed by atoms with Crippen molar-refractivity contribution in [3.8, 4) is 0 Å². The van der Waals surface area contributed by atoms with E-state index in [2.05, 4.69) is 5.32 Å². The molecule has 1 amide bonds. The van der Waals surface area contributed by atoms with Gasteiger partial charge in [0.1, 0.15) is 6.61 Å². The summed E-state index contributed by atoms with van der Waals surface area (Å²) in [6.45, 7) is 2.17. The average Bonchev–Trinajstić information content (AvgIpc) is 2.61. The van der Waals surface area contributed by atoms with Gasteiger partial charge in [0.15, 0.2) is 0 Å². The lowest BCUT2D eigenvalue weighted by molar-refractivity contribution is 0.108. The Morgan fingerprint density at radius 3 is 2.86 bits per heavy atom. The number of hydrogen-bond donors (Lipinski definition) is 1. The van der Waals surface area contributed by atoms with Gasteiger partial charge >= 0.3 is 6.09 Å². The third kappa shape index (κ3) is 3.89. The molecule has 1 N–H and O–H groups in total. The molecule has 4 nitrogen and oxygen atoms in total. The molecule has 2 aliphatic heterocycles. The van der Waals surface area contributed by atoms with Gasteiger partial charge in [-0.05, 0) is 43.4 Å². The fraction of sp³-hybridized carbons (Fsp3) is 0.500. The molecule has 1 atom stereocenters. The van der Waals surface area contributed by atoms with Gasteiger partial charge in [0.25, 0.3) is 0 Å². The Kier molecular flexibility index (Phi) is 5.11. The summed E-state index contributed by atoms with van der Waals surface area (Å²) in [5, 5.41) is 3.56. The SMILES string of the molecule is O=C(OCc1ccccc1)N1C=C(C2CCCCN2)CCC1. The molecule has 1 saturated heterocycles. The molecule has 0 radical (unpaired) electrons. The van der Waals surface area contributed by atoms with E-state index in [1.54, 1.807) is 4.90 Å². The smallest absolute Gasteiger partial charge is 0.414 e. The highest BCUT2D eigenvalue weighted by Crippen LogP contribution is 2.23. The second kappa shape index (κ2) is 7.45. The third-order valence-electron chi connectivity index (χ3n) is 4.38. The number of benzene rings is 1. The van der Waals surface area contributed by atoms with Crippen LogP contribution in [-0.2, 0) is 11.3 Å². The highest BCUT2D eigenvalue weighted by atomic mass is 16.6. The largest absolute Gasteiger partial charge is 0.444 e. The first-order chi connectivity index (χ1) is 10.8. The Bertz CT molecular complexity index is 521. The molecule has 0 bridgehead atoms. The maximum Gasteiger partial charge on any atom is 0.414 e. The fourth-order valence-electron chi connectivity index (χ4n) is 3.16. The van der Waals surface area contributed by atoms with Crippen LogP contribution in [0.4, 0.5) is 4.79 Å². The summed E-state index contributed by atoms with van der Waals surface area (Å²) in [5.74, 6) is 0. The predicted octanol–water partition coefficient (Wildman–Crippen LogP) is 3.45. The van der Waals surface area contributed by atoms with Crippen LogP contribution >= 0.6 is 0 Å². The van der Waals surface area contributed by atoms with Crippen molar-refractivity contribution in [1.82, 2.24) is 10.2 Å². The van der Waals surface area contributed by atoms with Gasteiger partial charge < -0.3 is 10.1 Å². The highest BCUT2D eigenvalue weighted by Gasteiger charge is 2.23. The van der Waals surface area contributed by atoms with Crippen LogP contribution in [0.25, 0.3) is 0 Å².